The summed E-state index contributed by atoms with van der Waals surface area (Å²) in [7, 11) is 1.63. The monoisotopic (exact) mass is 497 g/mol. The van der Waals surface area contributed by atoms with Crippen molar-refractivity contribution >= 4 is 33.5 Å². The van der Waals surface area contributed by atoms with Crippen LogP contribution in [0.2, 0.25) is 0 Å². The van der Waals surface area contributed by atoms with Crippen molar-refractivity contribution in [2.24, 2.45) is 12.8 Å². The minimum Gasteiger partial charge on any atom is -0.341 e. The summed E-state index contributed by atoms with van der Waals surface area (Å²) in [5.41, 5.74) is 7.61. The molecule has 6 rings (SSSR count). The van der Waals surface area contributed by atoms with Crippen LogP contribution in [0, 0.1) is 11.8 Å². The van der Waals surface area contributed by atoms with Gasteiger partial charge in [-0.15, -0.1) is 5.92 Å². The van der Waals surface area contributed by atoms with Gasteiger partial charge in [0.1, 0.15) is 0 Å². The number of aromatic nitrogens is 7. The fourth-order valence-electron chi connectivity index (χ4n) is 5.17. The highest BCUT2D eigenvalue weighted by Gasteiger charge is 2.26. The largest absolute Gasteiger partial charge is 0.341 e. The second kappa shape index (κ2) is 8.90. The molecule has 188 valence electrons. The van der Waals surface area contributed by atoms with Crippen molar-refractivity contribution in [3.63, 3.8) is 0 Å². The summed E-state index contributed by atoms with van der Waals surface area (Å²) in [4.78, 5) is 39.0. The minimum atomic E-state index is -0.471. The Morgan fingerprint density at radius 3 is 2.78 bits per heavy atom. The predicted molar refractivity (Wildman–Crippen MR) is 142 cm³/mol. The Morgan fingerprint density at radius 2 is 1.97 bits per heavy atom. The molecule has 4 aromatic heterocycles. The van der Waals surface area contributed by atoms with E-state index in [4.69, 9.17) is 15.7 Å². The van der Waals surface area contributed by atoms with Gasteiger partial charge in [0, 0.05) is 31.6 Å². The molecule has 1 aromatic carbocycles. The Morgan fingerprint density at radius 1 is 1.14 bits per heavy atom. The Hall–Kier alpha value is -4.43. The molecule has 5 aromatic rings. The molecule has 1 saturated heterocycles. The van der Waals surface area contributed by atoms with Crippen LogP contribution in [0.15, 0.2) is 46.1 Å². The van der Waals surface area contributed by atoms with Gasteiger partial charge in [-0.2, -0.15) is 10.1 Å². The average molecular weight is 498 g/mol. The van der Waals surface area contributed by atoms with E-state index >= 15 is 0 Å². The van der Waals surface area contributed by atoms with Crippen LogP contribution in [0.5, 0.6) is 0 Å². The smallest absolute Gasteiger partial charge is 0.332 e. The lowest BCUT2D eigenvalue weighted by atomic mass is 10.1. The SMILES string of the molecule is CC#CCn1c(N2CCCC(N)C2)nc2c1c(=O)n(Cc1nc3ccccc3c3ccnn13)c(=O)n2C. The molecule has 0 radical (unpaired) electrons. The highest BCUT2D eigenvalue weighted by Crippen LogP contribution is 2.23. The lowest BCUT2D eigenvalue weighted by Crippen LogP contribution is -2.44. The summed E-state index contributed by atoms with van der Waals surface area (Å²) in [5, 5.41) is 5.36. The molecule has 1 fully saturated rings. The van der Waals surface area contributed by atoms with Crippen LogP contribution in [0.25, 0.3) is 27.6 Å². The zero-order valence-corrected chi connectivity index (χ0v) is 20.8. The third-order valence-electron chi connectivity index (χ3n) is 6.98. The zero-order chi connectivity index (χ0) is 25.7. The van der Waals surface area contributed by atoms with Gasteiger partial charge >= 0.3 is 5.69 Å². The molecule has 1 atom stereocenters. The summed E-state index contributed by atoms with van der Waals surface area (Å²) < 4.78 is 6.10. The van der Waals surface area contributed by atoms with Gasteiger partial charge in [0.05, 0.1) is 30.3 Å². The van der Waals surface area contributed by atoms with Crippen molar-refractivity contribution in [3.05, 3.63) is 63.2 Å². The van der Waals surface area contributed by atoms with Crippen LogP contribution in [0.4, 0.5) is 5.95 Å². The number of para-hydroxylation sites is 1. The first kappa shape index (κ1) is 23.0. The second-order valence-corrected chi connectivity index (χ2v) is 9.35. The Balaban J connectivity index is 1.56. The molecular weight excluding hydrogens is 470 g/mol. The van der Waals surface area contributed by atoms with Crippen LogP contribution in [-0.4, -0.2) is 52.4 Å². The van der Waals surface area contributed by atoms with E-state index in [1.807, 2.05) is 30.3 Å². The van der Waals surface area contributed by atoms with Gasteiger partial charge in [0.15, 0.2) is 17.0 Å². The minimum absolute atomic E-state index is 0.0233. The molecule has 37 heavy (non-hydrogen) atoms. The molecule has 1 unspecified atom stereocenters. The number of hydrogen-bond acceptors (Lipinski definition) is 7. The molecule has 0 saturated carbocycles. The third-order valence-corrected chi connectivity index (χ3v) is 6.98. The lowest BCUT2D eigenvalue weighted by Gasteiger charge is -2.31. The molecule has 1 aliphatic rings. The topological polar surface area (TPSA) is 121 Å². The van der Waals surface area contributed by atoms with Crippen LogP contribution >= 0.6 is 0 Å². The van der Waals surface area contributed by atoms with E-state index in [1.54, 1.807) is 29.3 Å². The van der Waals surface area contributed by atoms with E-state index in [0.717, 1.165) is 35.8 Å². The maximum absolute atomic E-state index is 13.9. The molecule has 11 nitrogen and oxygen atoms in total. The maximum atomic E-state index is 13.9. The van der Waals surface area contributed by atoms with E-state index in [1.165, 1.54) is 9.13 Å². The van der Waals surface area contributed by atoms with Gasteiger partial charge in [0.25, 0.3) is 5.56 Å². The summed E-state index contributed by atoms with van der Waals surface area (Å²) in [5.74, 6) is 7.05. The summed E-state index contributed by atoms with van der Waals surface area (Å²) >= 11 is 0. The first-order chi connectivity index (χ1) is 18.0. The number of hydrogen-bond donors (Lipinski definition) is 1. The Kier molecular flexibility index (Phi) is 5.53. The molecule has 2 N–H and O–H groups in total. The normalized spacial score (nSPS) is 16.0. The van der Waals surface area contributed by atoms with Crippen molar-refractivity contribution in [1.29, 1.82) is 0 Å². The number of rotatable bonds is 4. The molecule has 0 bridgehead atoms. The van der Waals surface area contributed by atoms with E-state index < -0.39 is 11.2 Å². The van der Waals surface area contributed by atoms with E-state index in [2.05, 4.69) is 21.8 Å². The zero-order valence-electron chi connectivity index (χ0n) is 20.8. The first-order valence-electron chi connectivity index (χ1n) is 12.3. The highest BCUT2D eigenvalue weighted by molar-refractivity contribution is 5.93. The summed E-state index contributed by atoms with van der Waals surface area (Å²) in [6.45, 7) is 3.39. The van der Waals surface area contributed by atoms with E-state index in [9.17, 15) is 9.59 Å². The standard InChI is InChI=1S/C26H27N9O2/c1-3-4-14-33-22-23(30-25(33)32-13-7-8-17(27)15-32)31(2)26(37)34(24(22)36)16-21-29-19-10-6-5-9-18(19)20-11-12-28-35(20)21/h5-6,9-12,17H,7-8,13-16,27H2,1-2H3. The second-order valence-electron chi connectivity index (χ2n) is 9.35. The molecule has 11 heteroatoms. The quantitative estimate of drug-likeness (QED) is 0.369. The number of nitrogens with two attached hydrogens (primary N) is 1. The number of imidazole rings is 1. The highest BCUT2D eigenvalue weighted by atomic mass is 16.2. The Bertz CT molecular complexity index is 1850. The van der Waals surface area contributed by atoms with E-state index in [-0.39, 0.29) is 19.1 Å². The van der Waals surface area contributed by atoms with Gasteiger partial charge < -0.3 is 10.6 Å². The number of aryl methyl sites for hydroxylation is 1. The van der Waals surface area contributed by atoms with Crippen molar-refractivity contribution < 1.29 is 0 Å². The van der Waals surface area contributed by atoms with Crippen molar-refractivity contribution in [1.82, 2.24) is 33.3 Å². The van der Waals surface area contributed by atoms with Crippen LogP contribution < -0.4 is 21.9 Å². The lowest BCUT2D eigenvalue weighted by molar-refractivity contribution is 0.496. The number of fused-ring (bicyclic) bond motifs is 4. The molecule has 0 spiro atoms. The number of nitrogens with zero attached hydrogens (tertiary/aromatic N) is 8. The summed E-state index contributed by atoms with van der Waals surface area (Å²) in [6, 6.07) is 9.65. The van der Waals surface area contributed by atoms with Gasteiger partial charge in [-0.25, -0.2) is 14.3 Å². The fraction of sp³-hybridized carbons (Fsp3) is 0.346. The van der Waals surface area contributed by atoms with Gasteiger partial charge in [0.2, 0.25) is 5.95 Å². The number of piperidine rings is 1. The summed E-state index contributed by atoms with van der Waals surface area (Å²) in [6.07, 6.45) is 3.56. The molecule has 0 amide bonds. The fourth-order valence-corrected chi connectivity index (χ4v) is 5.17. The predicted octanol–water partition coefficient (Wildman–Crippen LogP) is 1.09. The van der Waals surface area contributed by atoms with Crippen LogP contribution in [-0.2, 0) is 20.1 Å². The maximum Gasteiger partial charge on any atom is 0.332 e. The molecule has 1 aliphatic heterocycles. The van der Waals surface area contributed by atoms with Gasteiger partial charge in [-0.1, -0.05) is 24.1 Å². The van der Waals surface area contributed by atoms with E-state index in [0.29, 0.717) is 29.5 Å². The molecule has 5 heterocycles. The average Bonchev–Trinajstić information content (AvgIpc) is 3.55. The van der Waals surface area contributed by atoms with Crippen molar-refractivity contribution in [2.75, 3.05) is 18.0 Å². The number of anilines is 1. The Labute approximate surface area is 211 Å². The molecular formula is C26H27N9O2. The van der Waals surface area contributed by atoms with Crippen LogP contribution in [0.1, 0.15) is 25.6 Å². The first-order valence-corrected chi connectivity index (χ1v) is 12.3. The van der Waals surface area contributed by atoms with Crippen LogP contribution in [0.3, 0.4) is 0 Å². The van der Waals surface area contributed by atoms with Gasteiger partial charge in [-0.3, -0.25) is 18.5 Å². The van der Waals surface area contributed by atoms with Crippen molar-refractivity contribution in [3.8, 4) is 11.8 Å². The molecule has 0 aliphatic carbocycles. The van der Waals surface area contributed by atoms with Crippen molar-refractivity contribution in [2.45, 2.75) is 38.9 Å². The third kappa shape index (κ3) is 3.68. The van der Waals surface area contributed by atoms with Gasteiger partial charge in [-0.05, 0) is 31.9 Å². The number of benzene rings is 1.